The van der Waals surface area contributed by atoms with Crippen molar-refractivity contribution < 1.29 is 0 Å². The molecule has 0 bridgehead atoms. The van der Waals surface area contributed by atoms with Crippen LogP contribution in [0, 0.1) is 5.92 Å². The molecule has 2 aliphatic heterocycles. The number of aliphatic imine (C=N–C) groups is 1. The van der Waals surface area contributed by atoms with E-state index < -0.39 is 0 Å². The second-order valence-corrected chi connectivity index (χ2v) is 6.71. The predicted molar refractivity (Wildman–Crippen MR) is 67.4 cm³/mol. The van der Waals surface area contributed by atoms with E-state index in [1.165, 1.54) is 16.7 Å². The van der Waals surface area contributed by atoms with Gasteiger partial charge in [0.1, 0.15) is 0 Å². The van der Waals surface area contributed by atoms with Crippen LogP contribution in [0.2, 0.25) is 0 Å². The molecule has 2 rings (SSSR count). The van der Waals surface area contributed by atoms with E-state index in [2.05, 4.69) is 26.1 Å². The lowest BCUT2D eigenvalue weighted by molar-refractivity contribution is 0.566. The first-order valence-electron chi connectivity index (χ1n) is 5.25. The summed E-state index contributed by atoms with van der Waals surface area (Å²) in [5.74, 6) is 3.23. The van der Waals surface area contributed by atoms with Gasteiger partial charge >= 0.3 is 0 Å². The quantitative estimate of drug-likeness (QED) is 0.747. The van der Waals surface area contributed by atoms with Crippen LogP contribution in [0.4, 0.5) is 0 Å². The van der Waals surface area contributed by atoms with Crippen molar-refractivity contribution in [2.24, 2.45) is 10.9 Å². The highest BCUT2D eigenvalue weighted by Crippen LogP contribution is 2.29. The zero-order valence-corrected chi connectivity index (χ0v) is 10.6. The second-order valence-electron chi connectivity index (χ2n) is 4.27. The molecule has 0 spiro atoms. The summed E-state index contributed by atoms with van der Waals surface area (Å²) in [4.78, 5) is 4.80. The van der Waals surface area contributed by atoms with Crippen LogP contribution in [-0.4, -0.2) is 34.0 Å². The minimum Gasteiger partial charge on any atom is -0.361 e. The van der Waals surface area contributed by atoms with Gasteiger partial charge in [0.05, 0.1) is 6.04 Å². The van der Waals surface area contributed by atoms with Crippen molar-refractivity contribution in [3.05, 3.63) is 0 Å². The van der Waals surface area contributed by atoms with Crippen LogP contribution in [0.1, 0.15) is 20.8 Å². The van der Waals surface area contributed by atoms with Crippen molar-refractivity contribution in [3.63, 3.8) is 0 Å². The second kappa shape index (κ2) is 4.35. The first-order chi connectivity index (χ1) is 6.66. The van der Waals surface area contributed by atoms with Crippen molar-refractivity contribution in [2.45, 2.75) is 38.1 Å². The molecule has 14 heavy (non-hydrogen) atoms. The average molecular weight is 230 g/mol. The van der Waals surface area contributed by atoms with Crippen molar-refractivity contribution in [3.8, 4) is 0 Å². The van der Waals surface area contributed by atoms with Gasteiger partial charge in [0.2, 0.25) is 0 Å². The fraction of sp³-hybridized carbons (Fsp3) is 0.900. The minimum absolute atomic E-state index is 0.549. The highest BCUT2D eigenvalue weighted by Gasteiger charge is 2.28. The highest BCUT2D eigenvalue weighted by atomic mass is 32.2. The number of thioether (sulfide) groups is 2. The first-order valence-corrected chi connectivity index (χ1v) is 7.29. The minimum atomic E-state index is 0.549. The molecule has 4 unspecified atom stereocenters. The number of hydrogen-bond acceptors (Lipinski definition) is 3. The molecular weight excluding hydrogens is 212 g/mol. The Hall–Kier alpha value is 0.170. The maximum absolute atomic E-state index is 4.80. The molecular formula is C10H18N2S2. The van der Waals surface area contributed by atoms with Crippen molar-refractivity contribution in [1.29, 1.82) is 0 Å². The smallest absolute Gasteiger partial charge is 0.157 e. The molecule has 1 N–H and O–H groups in total. The Morgan fingerprint density at radius 2 is 2.07 bits per heavy atom. The summed E-state index contributed by atoms with van der Waals surface area (Å²) in [6.45, 7) is 6.80. The Kier molecular flexibility index (Phi) is 3.32. The largest absolute Gasteiger partial charge is 0.361 e. The molecule has 0 aromatic heterocycles. The maximum atomic E-state index is 4.80. The third-order valence-corrected chi connectivity index (χ3v) is 5.53. The van der Waals surface area contributed by atoms with Gasteiger partial charge in [0.25, 0.3) is 0 Å². The topological polar surface area (TPSA) is 24.4 Å². The van der Waals surface area contributed by atoms with Gasteiger partial charge in [0.15, 0.2) is 5.17 Å². The summed E-state index contributed by atoms with van der Waals surface area (Å²) in [5, 5.41) is 5.29. The van der Waals surface area contributed by atoms with Crippen LogP contribution < -0.4 is 5.32 Å². The van der Waals surface area contributed by atoms with Gasteiger partial charge in [-0.3, -0.25) is 4.99 Å². The molecule has 2 nitrogen and oxygen atoms in total. The lowest BCUT2D eigenvalue weighted by Gasteiger charge is -2.10. The van der Waals surface area contributed by atoms with Gasteiger partial charge in [-0.1, -0.05) is 25.6 Å². The van der Waals surface area contributed by atoms with Crippen molar-refractivity contribution in [2.75, 3.05) is 11.5 Å². The van der Waals surface area contributed by atoms with E-state index in [0.717, 1.165) is 5.92 Å². The zero-order chi connectivity index (χ0) is 10.1. The molecule has 0 radical (unpaired) electrons. The van der Waals surface area contributed by atoms with Gasteiger partial charge in [-0.25, -0.2) is 0 Å². The summed E-state index contributed by atoms with van der Waals surface area (Å²) in [6.07, 6.45) is 0. The third kappa shape index (κ3) is 2.22. The van der Waals surface area contributed by atoms with Crippen molar-refractivity contribution >= 4 is 28.7 Å². The highest BCUT2D eigenvalue weighted by molar-refractivity contribution is 8.14. The zero-order valence-electron chi connectivity index (χ0n) is 8.99. The lowest BCUT2D eigenvalue weighted by atomic mass is 10.1. The normalized spacial score (nSPS) is 45.8. The molecule has 2 aliphatic rings. The number of amidine groups is 1. The van der Waals surface area contributed by atoms with Gasteiger partial charge in [-0.15, -0.1) is 0 Å². The molecule has 2 saturated heterocycles. The Balaban J connectivity index is 1.98. The van der Waals surface area contributed by atoms with Crippen LogP contribution in [0.5, 0.6) is 0 Å². The summed E-state index contributed by atoms with van der Waals surface area (Å²) >= 11 is 3.92. The molecule has 4 heteroatoms. The van der Waals surface area contributed by atoms with Gasteiger partial charge in [-0.2, -0.15) is 11.8 Å². The fourth-order valence-electron chi connectivity index (χ4n) is 1.66. The van der Waals surface area contributed by atoms with Crippen LogP contribution in [0.25, 0.3) is 0 Å². The van der Waals surface area contributed by atoms with Crippen LogP contribution >= 0.6 is 23.5 Å². The predicted octanol–water partition coefficient (Wildman–Crippen LogP) is 2.21. The van der Waals surface area contributed by atoms with Crippen LogP contribution in [0.15, 0.2) is 4.99 Å². The summed E-state index contributed by atoms with van der Waals surface area (Å²) in [5.41, 5.74) is 0. The van der Waals surface area contributed by atoms with E-state index in [1.54, 1.807) is 0 Å². The summed E-state index contributed by atoms with van der Waals surface area (Å²) < 4.78 is 0. The Morgan fingerprint density at radius 3 is 2.57 bits per heavy atom. The Labute approximate surface area is 94.7 Å². The first kappa shape index (κ1) is 10.7. The molecule has 0 saturated carbocycles. The molecule has 4 atom stereocenters. The van der Waals surface area contributed by atoms with Crippen LogP contribution in [0.3, 0.4) is 0 Å². The molecule has 80 valence electrons. The monoisotopic (exact) mass is 230 g/mol. The molecule has 2 fully saturated rings. The summed E-state index contributed by atoms with van der Waals surface area (Å²) in [7, 11) is 0. The number of hydrogen-bond donors (Lipinski definition) is 1. The summed E-state index contributed by atoms with van der Waals surface area (Å²) in [6, 6.07) is 1.12. The van der Waals surface area contributed by atoms with E-state index in [0.29, 0.717) is 17.3 Å². The number of rotatable bonds is 1. The fourth-order valence-corrected chi connectivity index (χ4v) is 4.11. The maximum Gasteiger partial charge on any atom is 0.157 e. The standard InChI is InChI=1S/C10H18N2S2/c1-6-4-13-5-9(6)12-10-11-7(2)8(3)14-10/h6-9H,4-5H2,1-3H3,(H,11,12). The third-order valence-electron chi connectivity index (χ3n) is 2.96. The molecule has 0 aromatic rings. The van der Waals surface area contributed by atoms with E-state index in [1.807, 2.05) is 23.5 Å². The van der Waals surface area contributed by atoms with Gasteiger partial charge in [-0.05, 0) is 18.6 Å². The van der Waals surface area contributed by atoms with Gasteiger partial charge in [0, 0.05) is 17.0 Å². The lowest BCUT2D eigenvalue weighted by Crippen LogP contribution is -2.28. The number of nitrogens with one attached hydrogen (secondary N) is 1. The van der Waals surface area contributed by atoms with E-state index in [4.69, 9.17) is 4.99 Å². The molecule has 0 aromatic carbocycles. The molecule has 0 amide bonds. The van der Waals surface area contributed by atoms with E-state index in [9.17, 15) is 0 Å². The van der Waals surface area contributed by atoms with Crippen molar-refractivity contribution in [1.82, 2.24) is 5.32 Å². The molecule has 0 aliphatic carbocycles. The average Bonchev–Trinajstić information content (AvgIpc) is 2.63. The van der Waals surface area contributed by atoms with E-state index >= 15 is 0 Å². The van der Waals surface area contributed by atoms with Crippen LogP contribution in [-0.2, 0) is 0 Å². The Bertz CT molecular complexity index is 230. The molecule has 2 heterocycles. The van der Waals surface area contributed by atoms with Gasteiger partial charge < -0.3 is 5.32 Å². The SMILES string of the molecule is CC1CSCC1N=C1NC(C)C(C)S1. The van der Waals surface area contributed by atoms with E-state index in [-0.39, 0.29) is 0 Å². The number of nitrogens with zero attached hydrogens (tertiary/aromatic N) is 1. The Morgan fingerprint density at radius 1 is 1.29 bits per heavy atom.